The van der Waals surface area contributed by atoms with Gasteiger partial charge in [-0.15, -0.1) is 5.10 Å². The third-order valence-electron chi connectivity index (χ3n) is 1.98. The minimum absolute atomic E-state index is 0.00387. The summed E-state index contributed by atoms with van der Waals surface area (Å²) in [5, 5.41) is 21.9. The van der Waals surface area contributed by atoms with Crippen LogP contribution in [0.3, 0.4) is 0 Å². The van der Waals surface area contributed by atoms with Crippen LogP contribution in [0.15, 0.2) is 18.3 Å². The standard InChI is InChI=1S/C9H8N6O3/c1-15-13-9(12-14-15)11-7(16)6-3-2-5(4-10-6)8(17)18/h2-4H,1H3,(H,17,18)(H,11,13,16). The lowest BCUT2D eigenvalue weighted by molar-refractivity contribution is 0.0696. The van der Waals surface area contributed by atoms with Crippen molar-refractivity contribution in [2.75, 3.05) is 5.32 Å². The molecule has 0 aromatic carbocycles. The first kappa shape index (κ1) is 11.6. The van der Waals surface area contributed by atoms with Crippen molar-refractivity contribution in [2.45, 2.75) is 0 Å². The molecule has 9 heteroatoms. The molecular weight excluding hydrogens is 240 g/mol. The molecule has 0 unspecified atom stereocenters. The molecule has 0 atom stereocenters. The van der Waals surface area contributed by atoms with Crippen molar-refractivity contribution in [1.29, 1.82) is 0 Å². The molecule has 0 fully saturated rings. The Morgan fingerprint density at radius 2 is 2.17 bits per heavy atom. The van der Waals surface area contributed by atoms with E-state index >= 15 is 0 Å². The van der Waals surface area contributed by atoms with E-state index < -0.39 is 11.9 Å². The van der Waals surface area contributed by atoms with Crippen molar-refractivity contribution < 1.29 is 14.7 Å². The quantitative estimate of drug-likeness (QED) is 0.754. The number of carboxylic acid groups (broad SMARTS) is 1. The summed E-state index contributed by atoms with van der Waals surface area (Å²) in [5.41, 5.74) is 0.0663. The molecule has 18 heavy (non-hydrogen) atoms. The van der Waals surface area contributed by atoms with Gasteiger partial charge in [-0.2, -0.15) is 4.80 Å². The fraction of sp³-hybridized carbons (Fsp3) is 0.111. The summed E-state index contributed by atoms with van der Waals surface area (Å²) in [6.07, 6.45) is 1.10. The van der Waals surface area contributed by atoms with Crippen molar-refractivity contribution in [1.82, 2.24) is 25.2 Å². The van der Waals surface area contributed by atoms with E-state index in [1.807, 2.05) is 0 Å². The molecule has 1 amide bonds. The minimum atomic E-state index is -1.11. The van der Waals surface area contributed by atoms with Crippen molar-refractivity contribution in [3.8, 4) is 0 Å². The number of carboxylic acids is 1. The van der Waals surface area contributed by atoms with Crippen LogP contribution in [-0.2, 0) is 7.05 Å². The van der Waals surface area contributed by atoms with Crippen LogP contribution >= 0.6 is 0 Å². The van der Waals surface area contributed by atoms with E-state index in [1.54, 1.807) is 7.05 Å². The third kappa shape index (κ3) is 2.45. The summed E-state index contributed by atoms with van der Waals surface area (Å²) >= 11 is 0. The summed E-state index contributed by atoms with van der Waals surface area (Å²) in [6.45, 7) is 0. The van der Waals surface area contributed by atoms with Crippen LogP contribution in [0.5, 0.6) is 0 Å². The van der Waals surface area contributed by atoms with E-state index in [0.29, 0.717) is 0 Å². The topological polar surface area (TPSA) is 123 Å². The third-order valence-corrected chi connectivity index (χ3v) is 1.98. The Morgan fingerprint density at radius 3 is 2.67 bits per heavy atom. The van der Waals surface area contributed by atoms with Crippen molar-refractivity contribution >= 4 is 17.8 Å². The lowest BCUT2D eigenvalue weighted by Gasteiger charge is -2.00. The Kier molecular flexibility index (Phi) is 2.96. The second-order valence-electron chi connectivity index (χ2n) is 3.29. The van der Waals surface area contributed by atoms with Crippen LogP contribution in [0.1, 0.15) is 20.8 Å². The van der Waals surface area contributed by atoms with Crippen LogP contribution in [0.25, 0.3) is 0 Å². The summed E-state index contributed by atoms with van der Waals surface area (Å²) in [5.74, 6) is -1.60. The van der Waals surface area contributed by atoms with Crippen LogP contribution in [-0.4, -0.2) is 42.2 Å². The van der Waals surface area contributed by atoms with Gasteiger partial charge < -0.3 is 5.11 Å². The van der Waals surface area contributed by atoms with Gasteiger partial charge in [0.05, 0.1) is 12.6 Å². The van der Waals surface area contributed by atoms with Gasteiger partial charge >= 0.3 is 5.97 Å². The predicted molar refractivity (Wildman–Crippen MR) is 57.9 cm³/mol. The molecule has 0 aliphatic heterocycles. The molecule has 2 rings (SSSR count). The lowest BCUT2D eigenvalue weighted by atomic mass is 10.2. The maximum atomic E-state index is 11.7. The van der Waals surface area contributed by atoms with Gasteiger partial charge in [0.25, 0.3) is 11.9 Å². The first-order valence-corrected chi connectivity index (χ1v) is 4.81. The first-order chi connectivity index (χ1) is 8.56. The minimum Gasteiger partial charge on any atom is -0.478 e. The number of amides is 1. The number of carbonyl (C=O) groups excluding carboxylic acids is 1. The largest absolute Gasteiger partial charge is 0.478 e. The number of rotatable bonds is 3. The number of pyridine rings is 1. The zero-order valence-electron chi connectivity index (χ0n) is 9.23. The number of aromatic nitrogens is 5. The zero-order valence-corrected chi connectivity index (χ0v) is 9.23. The van der Waals surface area contributed by atoms with E-state index in [-0.39, 0.29) is 17.2 Å². The smallest absolute Gasteiger partial charge is 0.337 e. The van der Waals surface area contributed by atoms with Crippen molar-refractivity contribution in [3.05, 3.63) is 29.6 Å². The van der Waals surface area contributed by atoms with E-state index in [1.165, 1.54) is 16.9 Å². The fourth-order valence-electron chi connectivity index (χ4n) is 1.15. The maximum Gasteiger partial charge on any atom is 0.337 e. The molecule has 2 aromatic heterocycles. The van der Waals surface area contributed by atoms with Crippen molar-refractivity contribution in [2.24, 2.45) is 7.05 Å². The molecule has 2 aromatic rings. The number of nitrogens with zero attached hydrogens (tertiary/aromatic N) is 5. The molecule has 0 radical (unpaired) electrons. The molecule has 0 aliphatic rings. The maximum absolute atomic E-state index is 11.7. The number of nitrogens with one attached hydrogen (secondary N) is 1. The number of hydrogen-bond acceptors (Lipinski definition) is 6. The Labute approximate surface area is 100 Å². The predicted octanol–water partition coefficient (Wildman–Crippen LogP) is -0.444. The van der Waals surface area contributed by atoms with Gasteiger partial charge in [-0.1, -0.05) is 5.10 Å². The number of anilines is 1. The van der Waals surface area contributed by atoms with E-state index in [0.717, 1.165) is 6.20 Å². The highest BCUT2D eigenvalue weighted by Gasteiger charge is 2.11. The van der Waals surface area contributed by atoms with Crippen LogP contribution in [0.2, 0.25) is 0 Å². The molecule has 92 valence electrons. The Hall–Kier alpha value is -2.84. The summed E-state index contributed by atoms with van der Waals surface area (Å²) in [6, 6.07) is 2.59. The molecule has 9 nitrogen and oxygen atoms in total. The summed E-state index contributed by atoms with van der Waals surface area (Å²) < 4.78 is 0. The second-order valence-corrected chi connectivity index (χ2v) is 3.29. The second kappa shape index (κ2) is 4.57. The van der Waals surface area contributed by atoms with E-state index in [2.05, 4.69) is 25.7 Å². The molecule has 0 saturated carbocycles. The molecule has 0 saturated heterocycles. The number of tetrazole rings is 1. The average molecular weight is 248 g/mol. The first-order valence-electron chi connectivity index (χ1n) is 4.81. The molecule has 2 heterocycles. The van der Waals surface area contributed by atoms with Gasteiger partial charge in [0.1, 0.15) is 5.69 Å². The van der Waals surface area contributed by atoms with Gasteiger partial charge in [0.2, 0.25) is 0 Å². The van der Waals surface area contributed by atoms with E-state index in [9.17, 15) is 9.59 Å². The Bertz CT molecular complexity index is 591. The van der Waals surface area contributed by atoms with Gasteiger partial charge in [-0.3, -0.25) is 15.1 Å². The highest BCUT2D eigenvalue weighted by molar-refractivity contribution is 6.02. The highest BCUT2D eigenvalue weighted by Crippen LogP contribution is 2.03. The lowest BCUT2D eigenvalue weighted by Crippen LogP contribution is -2.15. The van der Waals surface area contributed by atoms with Crippen LogP contribution < -0.4 is 5.32 Å². The van der Waals surface area contributed by atoms with E-state index in [4.69, 9.17) is 5.11 Å². The number of hydrogen-bond donors (Lipinski definition) is 2. The van der Waals surface area contributed by atoms with Crippen molar-refractivity contribution in [3.63, 3.8) is 0 Å². The average Bonchev–Trinajstić information content (AvgIpc) is 2.75. The number of carbonyl (C=O) groups is 2. The fourth-order valence-corrected chi connectivity index (χ4v) is 1.15. The number of aryl methyl sites for hydroxylation is 1. The van der Waals surface area contributed by atoms with Gasteiger partial charge in [0.15, 0.2) is 0 Å². The Morgan fingerprint density at radius 1 is 1.39 bits per heavy atom. The molecule has 0 aliphatic carbocycles. The molecular formula is C9H8N6O3. The van der Waals surface area contributed by atoms with Gasteiger partial charge in [-0.05, 0) is 17.3 Å². The highest BCUT2D eigenvalue weighted by atomic mass is 16.4. The molecule has 2 N–H and O–H groups in total. The molecule has 0 bridgehead atoms. The zero-order chi connectivity index (χ0) is 13.1. The van der Waals surface area contributed by atoms with Gasteiger partial charge in [0, 0.05) is 6.20 Å². The number of aromatic carboxylic acids is 1. The normalized spacial score (nSPS) is 10.1. The van der Waals surface area contributed by atoms with Gasteiger partial charge in [-0.25, -0.2) is 4.79 Å². The SMILES string of the molecule is Cn1nnc(NC(=O)c2ccc(C(=O)O)cn2)n1. The Balaban J connectivity index is 2.11. The molecule has 0 spiro atoms. The van der Waals surface area contributed by atoms with Crippen LogP contribution in [0, 0.1) is 0 Å². The summed E-state index contributed by atoms with van der Waals surface area (Å²) in [7, 11) is 1.56. The monoisotopic (exact) mass is 248 g/mol. The van der Waals surface area contributed by atoms with Crippen LogP contribution in [0.4, 0.5) is 5.95 Å². The summed E-state index contributed by atoms with van der Waals surface area (Å²) in [4.78, 5) is 27.2.